The van der Waals surface area contributed by atoms with Crippen molar-refractivity contribution < 1.29 is 41.2 Å². The highest BCUT2D eigenvalue weighted by Crippen LogP contribution is 2.45. The van der Waals surface area contributed by atoms with Crippen LogP contribution in [-0.4, -0.2) is 92.8 Å². The van der Waals surface area contributed by atoms with E-state index in [0.29, 0.717) is 59.2 Å². The summed E-state index contributed by atoms with van der Waals surface area (Å²) in [6.07, 6.45) is 0. The van der Waals surface area contributed by atoms with E-state index in [2.05, 4.69) is 138 Å². The van der Waals surface area contributed by atoms with E-state index in [-0.39, 0.29) is 0 Å². The predicted octanol–water partition coefficient (Wildman–Crippen LogP) is 8.93. The minimum Gasteiger partial charge on any atom is -0.425 e. The minimum atomic E-state index is -3.15. The van der Waals surface area contributed by atoms with E-state index in [1.54, 1.807) is 0 Å². The maximum absolute atomic E-state index is 8.47. The quantitative estimate of drug-likeness (QED) is 0.110. The summed E-state index contributed by atoms with van der Waals surface area (Å²) in [5, 5.41) is 0. The summed E-state index contributed by atoms with van der Waals surface area (Å²) >= 11 is 0. The van der Waals surface area contributed by atoms with Crippen molar-refractivity contribution >= 4 is 92.8 Å². The summed E-state index contributed by atoms with van der Waals surface area (Å²) in [6.45, 7) is 47.0. The first-order chi connectivity index (χ1) is 27.7. The molecule has 0 spiro atoms. The van der Waals surface area contributed by atoms with Crippen molar-refractivity contribution in [2.24, 2.45) is 59.2 Å². The van der Waals surface area contributed by atoms with Gasteiger partial charge in [0.2, 0.25) is 0 Å². The Morgan fingerprint density at radius 1 is 0.233 bits per heavy atom. The molecule has 0 radical (unpaired) electrons. The fraction of sp³-hybridized carbons (Fsp3) is 1.00. The van der Waals surface area contributed by atoms with Crippen molar-refractivity contribution in [2.75, 3.05) is 0 Å². The van der Waals surface area contributed by atoms with Crippen molar-refractivity contribution in [3.63, 3.8) is 0 Å². The number of hydrogen-bond donors (Lipinski definition) is 0. The van der Waals surface area contributed by atoms with Gasteiger partial charge in [0, 0.05) is 0 Å². The third-order valence-electron chi connectivity index (χ3n) is 9.99. The molecule has 0 amide bonds. The predicted molar refractivity (Wildman–Crippen MR) is 279 cm³/mol. The molecule has 0 aromatic rings. The highest BCUT2D eigenvalue weighted by Gasteiger charge is 2.60. The van der Waals surface area contributed by atoms with Gasteiger partial charge in [-0.05, 0) is 120 Å². The van der Waals surface area contributed by atoms with Gasteiger partial charge in [0.25, 0.3) is 50.0 Å². The molecule has 1 heterocycles. The van der Waals surface area contributed by atoms with Gasteiger partial charge in [-0.15, -0.1) is 0 Å². The zero-order chi connectivity index (χ0) is 46.0. The van der Waals surface area contributed by atoms with Gasteiger partial charge < -0.3 is 41.2 Å². The van der Waals surface area contributed by atoms with E-state index < -0.39 is 92.8 Å². The monoisotopic (exact) mass is 1020 g/mol. The molecule has 0 saturated carbocycles. The summed E-state index contributed by atoms with van der Waals surface area (Å²) in [6, 6.07) is 9.16. The molecule has 1 rings (SSSR count). The lowest BCUT2D eigenvalue weighted by atomic mass is 10.3. The third-order valence-corrected chi connectivity index (χ3v) is 46.8. The smallest absolute Gasteiger partial charge is 0.321 e. The van der Waals surface area contributed by atoms with E-state index in [1.165, 1.54) is 0 Å². The van der Waals surface area contributed by atoms with Gasteiger partial charge in [0.1, 0.15) is 0 Å². The lowest BCUT2D eigenvalue weighted by Crippen LogP contribution is -2.67. The number of rotatable bonds is 20. The molecule has 0 unspecified atom stereocenters. The molecule has 1 fully saturated rings. The zero-order valence-electron chi connectivity index (χ0n) is 43.0. The summed E-state index contributed by atoms with van der Waals surface area (Å²) in [5.41, 5.74) is 0. The van der Waals surface area contributed by atoms with Crippen molar-refractivity contribution in [3.05, 3.63) is 0 Å². The lowest BCUT2D eigenvalue weighted by Gasteiger charge is -2.52. The van der Waals surface area contributed by atoms with Gasteiger partial charge in [-0.3, -0.25) is 0 Å². The SMILES string of the molecule is CC(C)C[Si]1(CC(C)C)O[SiH2]O[SiH2]O[SiH2]O[SiH2]O[SiH2]O[Si](CC(C)C)(CC(C)C)O[Si](CC(C)C)(CC(C)C)O[Si](CC(C)C)(CC(C)C)O[Si](CC(C)C)(CC(C)C)O1. The van der Waals surface area contributed by atoms with Crippen molar-refractivity contribution in [2.45, 2.75) is 199 Å². The average Bonchev–Trinajstić information content (AvgIpc) is 2.99. The Balaban J connectivity index is 4.57. The van der Waals surface area contributed by atoms with Crippen molar-refractivity contribution in [3.8, 4) is 0 Å². The van der Waals surface area contributed by atoms with Crippen LogP contribution < -0.4 is 0 Å². The largest absolute Gasteiger partial charge is 0.425 e. The van der Waals surface area contributed by atoms with E-state index in [4.69, 9.17) is 41.2 Å². The topological polar surface area (TPSA) is 92.3 Å². The molecule has 60 heavy (non-hydrogen) atoms. The Morgan fingerprint density at radius 2 is 0.383 bits per heavy atom. The van der Waals surface area contributed by atoms with Crippen LogP contribution in [0.2, 0.25) is 60.4 Å². The Labute approximate surface area is 389 Å². The Kier molecular flexibility index (Phi) is 28.7. The van der Waals surface area contributed by atoms with Crippen LogP contribution in [0, 0.1) is 59.2 Å². The maximum atomic E-state index is 8.47. The van der Waals surface area contributed by atoms with E-state index in [1.807, 2.05) is 0 Å². The molecule has 1 aliphatic heterocycles. The van der Waals surface area contributed by atoms with Crippen LogP contribution in [-0.2, 0) is 41.2 Å². The molecule has 1 aliphatic rings. The molecule has 0 aromatic heterocycles. The molecular formula is C40H100O10Si10. The van der Waals surface area contributed by atoms with Crippen LogP contribution in [0.5, 0.6) is 0 Å². The van der Waals surface area contributed by atoms with E-state index in [9.17, 15) is 0 Å². The normalized spacial score (nSPS) is 23.5. The van der Waals surface area contributed by atoms with Gasteiger partial charge >= 0.3 is 42.8 Å². The molecule has 0 N–H and O–H groups in total. The van der Waals surface area contributed by atoms with E-state index >= 15 is 0 Å². The van der Waals surface area contributed by atoms with Gasteiger partial charge in [-0.1, -0.05) is 138 Å². The fourth-order valence-corrected chi connectivity index (χ4v) is 53.7. The van der Waals surface area contributed by atoms with Crippen LogP contribution in [0.3, 0.4) is 0 Å². The summed E-state index contributed by atoms with van der Waals surface area (Å²) < 4.78 is 72.8. The van der Waals surface area contributed by atoms with Gasteiger partial charge in [0.15, 0.2) is 0 Å². The molecule has 1 saturated heterocycles. The third kappa shape index (κ3) is 24.5. The molecule has 0 bridgehead atoms. The molecule has 0 aliphatic carbocycles. The fourth-order valence-electron chi connectivity index (χ4n) is 9.63. The van der Waals surface area contributed by atoms with Crippen molar-refractivity contribution in [1.29, 1.82) is 0 Å². The summed E-state index contributed by atoms with van der Waals surface area (Å²) in [7, 11) is -21.4. The summed E-state index contributed by atoms with van der Waals surface area (Å²) in [4.78, 5) is 0. The van der Waals surface area contributed by atoms with Crippen LogP contribution in [0.4, 0.5) is 0 Å². The number of hydrogen-bond acceptors (Lipinski definition) is 10. The van der Waals surface area contributed by atoms with Gasteiger partial charge in [-0.2, -0.15) is 0 Å². The second kappa shape index (κ2) is 28.8. The molecule has 0 atom stereocenters. The maximum Gasteiger partial charge on any atom is 0.321 e. The van der Waals surface area contributed by atoms with Crippen LogP contribution in [0.1, 0.15) is 138 Å². The summed E-state index contributed by atoms with van der Waals surface area (Å²) in [5.74, 6) is 3.97. The Bertz CT molecular complexity index is 1010. The Morgan fingerprint density at radius 3 is 0.567 bits per heavy atom. The average molecular weight is 1020 g/mol. The van der Waals surface area contributed by atoms with Crippen LogP contribution in [0.15, 0.2) is 0 Å². The molecule has 10 nitrogen and oxygen atoms in total. The molecular weight excluding hydrogens is 921 g/mol. The first-order valence-corrected chi connectivity index (χ1v) is 41.0. The van der Waals surface area contributed by atoms with E-state index in [0.717, 1.165) is 60.4 Å². The van der Waals surface area contributed by atoms with Crippen LogP contribution >= 0.6 is 0 Å². The van der Waals surface area contributed by atoms with Gasteiger partial charge in [-0.25, -0.2) is 0 Å². The minimum absolute atomic E-state index is 0.379. The zero-order valence-corrected chi connectivity index (χ0v) is 55.0. The second-order valence-corrected chi connectivity index (χ2v) is 49.1. The highest BCUT2D eigenvalue weighted by molar-refractivity contribution is 6.92. The molecule has 20 heteroatoms. The molecule has 0 aromatic carbocycles. The van der Waals surface area contributed by atoms with Crippen molar-refractivity contribution in [1.82, 2.24) is 0 Å². The van der Waals surface area contributed by atoms with Crippen LogP contribution in [0.25, 0.3) is 0 Å². The first-order valence-electron chi connectivity index (χ1n) is 24.1. The highest BCUT2D eigenvalue weighted by atomic mass is 28.5. The molecule has 360 valence electrons. The lowest BCUT2D eigenvalue weighted by molar-refractivity contribution is 0.220. The standard InChI is InChI=1S/C40H100O10Si10/c1-31(2)21-56(22-32(3)4)45-54-43-52-41-51-42-53-44-55-46-57(23-33(5)6,24-34(7)8)48-59(27-37(13)14,28-38(15)16)50-60(29-39(17)18,30-40(19)20)49-58(47-56,25-35(9)10)26-36(11)12/h31-40H,21-30,51-55H2,1-20H3. The first kappa shape index (κ1) is 59.8. The van der Waals surface area contributed by atoms with Gasteiger partial charge in [0.05, 0.1) is 0 Å². The Hall–Kier alpha value is 1.77. The second-order valence-electron chi connectivity index (χ2n) is 22.6.